The van der Waals surface area contributed by atoms with Crippen molar-refractivity contribution >= 4 is 29.0 Å². The molecule has 1 aliphatic carbocycles. The van der Waals surface area contributed by atoms with E-state index in [9.17, 15) is 0 Å². The summed E-state index contributed by atoms with van der Waals surface area (Å²) >= 11 is 12.4. The lowest BCUT2D eigenvalue weighted by atomic mass is 9.96. The Balaban J connectivity index is 2.17. The molecule has 1 heterocycles. The number of aryl methyl sites for hydroxylation is 1. The Hall–Kier alpha value is -1.32. The molecule has 0 amide bonds. The highest BCUT2D eigenvalue weighted by molar-refractivity contribution is 6.43. The molecule has 1 aromatic heterocycles. The Morgan fingerprint density at radius 1 is 1.10 bits per heavy atom. The van der Waals surface area contributed by atoms with Crippen LogP contribution in [0.3, 0.4) is 0 Å². The topological polar surface area (TPSA) is 37.8 Å². The first-order valence-electron chi connectivity index (χ1n) is 6.72. The van der Waals surface area contributed by atoms with Gasteiger partial charge >= 0.3 is 0 Å². The van der Waals surface area contributed by atoms with Gasteiger partial charge in [0.1, 0.15) is 5.82 Å². The van der Waals surface area contributed by atoms with E-state index in [2.05, 4.69) is 10.3 Å². The summed E-state index contributed by atoms with van der Waals surface area (Å²) in [7, 11) is 1.89. The normalized spacial score (nSPS) is 13.9. The molecule has 104 valence electrons. The summed E-state index contributed by atoms with van der Waals surface area (Å²) in [5.41, 5.74) is 3.14. The van der Waals surface area contributed by atoms with Crippen molar-refractivity contribution in [2.75, 3.05) is 12.4 Å². The van der Waals surface area contributed by atoms with Gasteiger partial charge in [0.15, 0.2) is 5.82 Å². The van der Waals surface area contributed by atoms with Gasteiger partial charge in [-0.15, -0.1) is 0 Å². The third-order valence-electron chi connectivity index (χ3n) is 3.61. The Bertz CT molecular complexity index is 639. The zero-order valence-corrected chi connectivity index (χ0v) is 12.7. The Labute approximate surface area is 128 Å². The maximum absolute atomic E-state index is 6.27. The smallest absolute Gasteiger partial charge is 0.163 e. The van der Waals surface area contributed by atoms with Gasteiger partial charge in [-0.1, -0.05) is 29.3 Å². The van der Waals surface area contributed by atoms with E-state index in [-0.39, 0.29) is 0 Å². The van der Waals surface area contributed by atoms with Gasteiger partial charge in [-0.3, -0.25) is 0 Å². The molecule has 3 rings (SSSR count). The van der Waals surface area contributed by atoms with Crippen molar-refractivity contribution in [1.29, 1.82) is 0 Å². The van der Waals surface area contributed by atoms with Gasteiger partial charge in [-0.25, -0.2) is 9.97 Å². The summed E-state index contributed by atoms with van der Waals surface area (Å²) in [5.74, 6) is 1.54. The molecule has 1 N–H and O–H groups in total. The van der Waals surface area contributed by atoms with E-state index >= 15 is 0 Å². The largest absolute Gasteiger partial charge is 0.373 e. The van der Waals surface area contributed by atoms with Crippen molar-refractivity contribution in [3.63, 3.8) is 0 Å². The second-order valence-corrected chi connectivity index (χ2v) is 5.66. The summed E-state index contributed by atoms with van der Waals surface area (Å²) < 4.78 is 0. The quantitative estimate of drug-likeness (QED) is 0.895. The standard InChI is InChI=1S/C15H15Cl2N3/c1-18-14-9-5-2-3-8-12(9)19-15(20-14)10-6-4-7-11(16)13(10)17/h4,6-7H,2-3,5,8H2,1H3,(H,18,19,20). The lowest BCUT2D eigenvalue weighted by molar-refractivity contribution is 0.665. The molecule has 3 nitrogen and oxygen atoms in total. The third kappa shape index (κ3) is 2.36. The Kier molecular flexibility index (Phi) is 3.81. The molecular formula is C15H15Cl2N3. The van der Waals surface area contributed by atoms with Gasteiger partial charge in [0, 0.05) is 23.9 Å². The highest BCUT2D eigenvalue weighted by atomic mass is 35.5. The minimum Gasteiger partial charge on any atom is -0.373 e. The van der Waals surface area contributed by atoms with Crippen LogP contribution in [0.1, 0.15) is 24.1 Å². The number of benzene rings is 1. The predicted molar refractivity (Wildman–Crippen MR) is 83.7 cm³/mol. The van der Waals surface area contributed by atoms with Gasteiger partial charge in [-0.2, -0.15) is 0 Å². The van der Waals surface area contributed by atoms with Crippen molar-refractivity contribution in [2.45, 2.75) is 25.7 Å². The van der Waals surface area contributed by atoms with Crippen LogP contribution in [0.15, 0.2) is 18.2 Å². The first-order valence-corrected chi connectivity index (χ1v) is 7.48. The molecule has 0 aliphatic heterocycles. The van der Waals surface area contributed by atoms with Crippen LogP contribution in [0.25, 0.3) is 11.4 Å². The van der Waals surface area contributed by atoms with Crippen LogP contribution in [0.4, 0.5) is 5.82 Å². The molecule has 0 fully saturated rings. The highest BCUT2D eigenvalue weighted by Gasteiger charge is 2.19. The van der Waals surface area contributed by atoms with Gasteiger partial charge in [0.25, 0.3) is 0 Å². The molecule has 1 aromatic carbocycles. The highest BCUT2D eigenvalue weighted by Crippen LogP contribution is 2.34. The number of hydrogen-bond donors (Lipinski definition) is 1. The van der Waals surface area contributed by atoms with Crippen LogP contribution in [0.2, 0.25) is 10.0 Å². The van der Waals surface area contributed by atoms with Crippen molar-refractivity contribution in [3.05, 3.63) is 39.5 Å². The molecule has 0 radical (unpaired) electrons. The molecule has 5 heteroatoms. The number of anilines is 1. The first-order chi connectivity index (χ1) is 9.70. The summed E-state index contributed by atoms with van der Waals surface area (Å²) in [6.07, 6.45) is 4.41. The van der Waals surface area contributed by atoms with E-state index in [0.29, 0.717) is 15.9 Å². The number of aromatic nitrogens is 2. The summed E-state index contributed by atoms with van der Waals surface area (Å²) in [6.45, 7) is 0. The average Bonchev–Trinajstić information content (AvgIpc) is 2.49. The maximum atomic E-state index is 6.27. The molecule has 0 atom stereocenters. The molecule has 0 saturated carbocycles. The van der Waals surface area contributed by atoms with E-state index in [1.54, 1.807) is 6.07 Å². The third-order valence-corrected chi connectivity index (χ3v) is 4.43. The van der Waals surface area contributed by atoms with Gasteiger partial charge < -0.3 is 5.32 Å². The van der Waals surface area contributed by atoms with Crippen LogP contribution >= 0.6 is 23.2 Å². The Morgan fingerprint density at radius 3 is 2.70 bits per heavy atom. The van der Waals surface area contributed by atoms with Crippen LogP contribution in [0, 0.1) is 0 Å². The molecule has 0 spiro atoms. The van der Waals surface area contributed by atoms with Gasteiger partial charge in [0.2, 0.25) is 0 Å². The SMILES string of the molecule is CNc1nc(-c2cccc(Cl)c2Cl)nc2c1CCCC2. The fraction of sp³-hybridized carbons (Fsp3) is 0.333. The zero-order chi connectivity index (χ0) is 14.1. The lowest BCUT2D eigenvalue weighted by Gasteiger charge is -2.19. The van der Waals surface area contributed by atoms with Crippen LogP contribution in [-0.2, 0) is 12.8 Å². The van der Waals surface area contributed by atoms with Crippen LogP contribution in [-0.4, -0.2) is 17.0 Å². The van der Waals surface area contributed by atoms with Crippen LogP contribution < -0.4 is 5.32 Å². The van der Waals surface area contributed by atoms with E-state index in [1.165, 1.54) is 18.4 Å². The van der Waals surface area contributed by atoms with Crippen LogP contribution in [0.5, 0.6) is 0 Å². The maximum Gasteiger partial charge on any atom is 0.163 e. The first kappa shape index (κ1) is 13.7. The van der Waals surface area contributed by atoms with Crippen molar-refractivity contribution in [3.8, 4) is 11.4 Å². The summed E-state index contributed by atoms with van der Waals surface area (Å²) in [6, 6.07) is 5.54. The zero-order valence-electron chi connectivity index (χ0n) is 11.2. The minimum atomic E-state index is 0.506. The number of hydrogen-bond acceptors (Lipinski definition) is 3. The van der Waals surface area contributed by atoms with E-state index in [1.807, 2.05) is 19.2 Å². The molecular weight excluding hydrogens is 293 g/mol. The fourth-order valence-corrected chi connectivity index (χ4v) is 2.98. The van der Waals surface area contributed by atoms with Gasteiger partial charge in [-0.05, 0) is 37.8 Å². The molecule has 20 heavy (non-hydrogen) atoms. The number of halogens is 2. The number of rotatable bonds is 2. The second kappa shape index (κ2) is 5.58. The molecule has 1 aliphatic rings. The van der Waals surface area contributed by atoms with Gasteiger partial charge in [0.05, 0.1) is 10.0 Å². The second-order valence-electron chi connectivity index (χ2n) is 4.88. The van der Waals surface area contributed by atoms with Crippen molar-refractivity contribution in [2.24, 2.45) is 0 Å². The molecule has 2 aromatic rings. The molecule has 0 saturated heterocycles. The van der Waals surface area contributed by atoms with Crippen molar-refractivity contribution < 1.29 is 0 Å². The average molecular weight is 308 g/mol. The minimum absolute atomic E-state index is 0.506. The van der Waals surface area contributed by atoms with Crippen molar-refractivity contribution in [1.82, 2.24) is 9.97 Å². The number of nitrogens with zero attached hydrogens (tertiary/aromatic N) is 2. The van der Waals surface area contributed by atoms with E-state index in [4.69, 9.17) is 28.2 Å². The molecule has 0 unspecified atom stereocenters. The summed E-state index contributed by atoms with van der Waals surface area (Å²) in [5, 5.41) is 4.20. The monoisotopic (exact) mass is 307 g/mol. The summed E-state index contributed by atoms with van der Waals surface area (Å²) in [4.78, 5) is 9.31. The lowest BCUT2D eigenvalue weighted by Crippen LogP contribution is -2.12. The Morgan fingerprint density at radius 2 is 1.90 bits per heavy atom. The number of nitrogens with one attached hydrogen (secondary N) is 1. The molecule has 0 bridgehead atoms. The number of fused-ring (bicyclic) bond motifs is 1. The van der Waals surface area contributed by atoms with E-state index < -0.39 is 0 Å². The fourth-order valence-electron chi connectivity index (χ4n) is 2.60. The van der Waals surface area contributed by atoms with E-state index in [0.717, 1.165) is 29.9 Å². The predicted octanol–water partition coefficient (Wildman–Crippen LogP) is 4.37.